The lowest BCUT2D eigenvalue weighted by atomic mass is 10.1. The molecule has 2 atom stereocenters. The zero-order valence-corrected chi connectivity index (χ0v) is 13.4. The van der Waals surface area contributed by atoms with E-state index in [4.69, 9.17) is 0 Å². The number of carbonyl (C=O) groups excluding carboxylic acids is 1. The molecule has 4 nitrogen and oxygen atoms in total. The molecule has 2 unspecified atom stereocenters. The van der Waals surface area contributed by atoms with Crippen LogP contribution in [0.3, 0.4) is 0 Å². The molecule has 4 heteroatoms. The molecule has 1 aliphatic rings. The second-order valence-corrected chi connectivity index (χ2v) is 6.24. The van der Waals surface area contributed by atoms with Crippen LogP contribution in [0.25, 0.3) is 17.0 Å². The minimum absolute atomic E-state index is 0.0564. The van der Waals surface area contributed by atoms with Crippen molar-refractivity contribution in [1.82, 2.24) is 9.88 Å². The van der Waals surface area contributed by atoms with Gasteiger partial charge in [-0.3, -0.25) is 4.79 Å². The summed E-state index contributed by atoms with van der Waals surface area (Å²) >= 11 is 0. The van der Waals surface area contributed by atoms with Crippen molar-refractivity contribution in [3.8, 4) is 0 Å². The Bertz CT molecular complexity index is 726. The fourth-order valence-electron chi connectivity index (χ4n) is 3.13. The van der Waals surface area contributed by atoms with E-state index in [1.54, 1.807) is 24.1 Å². The number of pyridine rings is 1. The zero-order valence-electron chi connectivity index (χ0n) is 13.4. The van der Waals surface area contributed by atoms with Crippen LogP contribution >= 0.6 is 0 Å². The first-order valence-electron chi connectivity index (χ1n) is 8.10. The highest BCUT2D eigenvalue weighted by Gasteiger charge is 2.26. The molecule has 2 aromatic rings. The molecule has 120 valence electrons. The van der Waals surface area contributed by atoms with E-state index in [9.17, 15) is 9.90 Å². The molecule has 1 N–H and O–H groups in total. The van der Waals surface area contributed by atoms with Gasteiger partial charge in [-0.1, -0.05) is 30.7 Å². The number of carbonyl (C=O) groups is 1. The van der Waals surface area contributed by atoms with E-state index in [2.05, 4.69) is 4.98 Å². The van der Waals surface area contributed by atoms with E-state index in [0.29, 0.717) is 6.54 Å². The smallest absolute Gasteiger partial charge is 0.246 e. The highest BCUT2D eigenvalue weighted by molar-refractivity contribution is 5.91. The summed E-state index contributed by atoms with van der Waals surface area (Å²) in [6, 6.07) is 11.8. The van der Waals surface area contributed by atoms with Crippen LogP contribution in [0.5, 0.6) is 0 Å². The molecule has 0 spiro atoms. The molecule has 0 radical (unpaired) electrons. The van der Waals surface area contributed by atoms with Crippen molar-refractivity contribution in [2.45, 2.75) is 25.4 Å². The molecular weight excluding hydrogens is 288 g/mol. The molecule has 1 heterocycles. The Balaban J connectivity index is 1.64. The Morgan fingerprint density at radius 2 is 2.13 bits per heavy atom. The van der Waals surface area contributed by atoms with E-state index >= 15 is 0 Å². The topological polar surface area (TPSA) is 53.4 Å². The monoisotopic (exact) mass is 310 g/mol. The van der Waals surface area contributed by atoms with Crippen LogP contribution in [0.15, 0.2) is 42.5 Å². The summed E-state index contributed by atoms with van der Waals surface area (Å²) in [4.78, 5) is 18.4. The molecular formula is C19H22N2O2. The van der Waals surface area contributed by atoms with Gasteiger partial charge in [-0.2, -0.15) is 0 Å². The predicted octanol–water partition coefficient (Wildman–Crippen LogP) is 2.87. The first-order chi connectivity index (χ1) is 11.1. The molecule has 1 aromatic heterocycles. The van der Waals surface area contributed by atoms with E-state index in [1.807, 2.05) is 36.4 Å². The van der Waals surface area contributed by atoms with Gasteiger partial charge in [0.05, 0.1) is 17.3 Å². The molecule has 0 aliphatic heterocycles. The lowest BCUT2D eigenvalue weighted by molar-refractivity contribution is -0.125. The van der Waals surface area contributed by atoms with Crippen molar-refractivity contribution in [3.63, 3.8) is 0 Å². The minimum Gasteiger partial charge on any atom is -0.393 e. The van der Waals surface area contributed by atoms with E-state index < -0.39 is 0 Å². The number of aliphatic hydroxyl groups excluding tert-OH is 1. The number of rotatable bonds is 4. The largest absolute Gasteiger partial charge is 0.393 e. The molecule has 1 aliphatic carbocycles. The lowest BCUT2D eigenvalue weighted by Gasteiger charge is -2.22. The van der Waals surface area contributed by atoms with Gasteiger partial charge < -0.3 is 10.0 Å². The van der Waals surface area contributed by atoms with Crippen LogP contribution in [0.2, 0.25) is 0 Å². The number of benzene rings is 1. The maximum atomic E-state index is 12.2. The van der Waals surface area contributed by atoms with Gasteiger partial charge in [-0.15, -0.1) is 0 Å². The van der Waals surface area contributed by atoms with Gasteiger partial charge in [0.2, 0.25) is 5.91 Å². The SMILES string of the molecule is CN(CC1CCCC1O)C(=O)/C=C/c1ccc2ccccc2n1. The minimum atomic E-state index is -0.267. The fourth-order valence-corrected chi connectivity index (χ4v) is 3.13. The van der Waals surface area contributed by atoms with Gasteiger partial charge >= 0.3 is 0 Å². The number of fused-ring (bicyclic) bond motifs is 1. The summed E-state index contributed by atoms with van der Waals surface area (Å²) in [5, 5.41) is 10.9. The summed E-state index contributed by atoms with van der Waals surface area (Å²) in [6.07, 6.45) is 5.93. The van der Waals surface area contributed by atoms with Gasteiger partial charge in [0.25, 0.3) is 0 Å². The summed E-state index contributed by atoms with van der Waals surface area (Å²) in [5.74, 6) is 0.148. The zero-order chi connectivity index (χ0) is 16.2. The number of likely N-dealkylation sites (N-methyl/N-ethyl adjacent to an activating group) is 1. The summed E-state index contributed by atoms with van der Waals surface area (Å²) in [5.41, 5.74) is 1.69. The van der Waals surface area contributed by atoms with Gasteiger partial charge in [0, 0.05) is 31.0 Å². The normalized spacial score (nSPS) is 21.1. The van der Waals surface area contributed by atoms with Crippen LogP contribution in [0, 0.1) is 5.92 Å². The standard InChI is InChI=1S/C19H22N2O2/c1-21(13-15-6-4-8-18(15)22)19(23)12-11-16-10-9-14-5-2-3-7-17(14)20-16/h2-3,5,7,9-12,15,18,22H,4,6,8,13H2,1H3/b12-11+. The number of aliphatic hydroxyl groups is 1. The van der Waals surface area contributed by atoms with Crippen LogP contribution in [0.1, 0.15) is 25.0 Å². The third-order valence-electron chi connectivity index (χ3n) is 4.52. The van der Waals surface area contributed by atoms with Crippen LogP contribution in [0.4, 0.5) is 0 Å². The molecule has 0 bridgehead atoms. The van der Waals surface area contributed by atoms with Crippen molar-refractivity contribution < 1.29 is 9.90 Å². The molecule has 1 fully saturated rings. The van der Waals surface area contributed by atoms with Crippen LogP contribution < -0.4 is 0 Å². The molecule has 3 rings (SSSR count). The van der Waals surface area contributed by atoms with Gasteiger partial charge in [0.1, 0.15) is 0 Å². The lowest BCUT2D eigenvalue weighted by Crippen LogP contribution is -2.33. The molecule has 1 amide bonds. The molecule has 23 heavy (non-hydrogen) atoms. The Hall–Kier alpha value is -2.20. The van der Waals surface area contributed by atoms with E-state index in [-0.39, 0.29) is 17.9 Å². The highest BCUT2D eigenvalue weighted by atomic mass is 16.3. The quantitative estimate of drug-likeness (QED) is 0.884. The fraction of sp³-hybridized carbons (Fsp3) is 0.368. The van der Waals surface area contributed by atoms with Crippen molar-refractivity contribution in [2.24, 2.45) is 5.92 Å². The van der Waals surface area contributed by atoms with Crippen LogP contribution in [-0.4, -0.2) is 40.6 Å². The third kappa shape index (κ3) is 3.77. The number of hydrogen-bond donors (Lipinski definition) is 1. The summed E-state index contributed by atoms with van der Waals surface area (Å²) in [6.45, 7) is 0.607. The second kappa shape index (κ2) is 6.92. The Morgan fingerprint density at radius 3 is 2.91 bits per heavy atom. The maximum absolute atomic E-state index is 12.2. The highest BCUT2D eigenvalue weighted by Crippen LogP contribution is 2.26. The summed E-state index contributed by atoms with van der Waals surface area (Å²) < 4.78 is 0. The van der Waals surface area contributed by atoms with E-state index in [1.165, 1.54) is 0 Å². The second-order valence-electron chi connectivity index (χ2n) is 6.24. The van der Waals surface area contributed by atoms with Crippen molar-refractivity contribution >= 4 is 22.9 Å². The third-order valence-corrected chi connectivity index (χ3v) is 4.52. The van der Waals surface area contributed by atoms with Gasteiger partial charge in [-0.05, 0) is 31.1 Å². The number of amides is 1. The molecule has 0 saturated heterocycles. The average molecular weight is 310 g/mol. The van der Waals surface area contributed by atoms with Gasteiger partial charge in [-0.25, -0.2) is 4.98 Å². The maximum Gasteiger partial charge on any atom is 0.246 e. The molecule has 1 aromatic carbocycles. The number of para-hydroxylation sites is 1. The number of aromatic nitrogens is 1. The number of nitrogens with zero attached hydrogens (tertiary/aromatic N) is 2. The Kier molecular flexibility index (Phi) is 4.72. The Morgan fingerprint density at radius 1 is 1.30 bits per heavy atom. The van der Waals surface area contributed by atoms with Gasteiger partial charge in [0.15, 0.2) is 0 Å². The predicted molar refractivity (Wildman–Crippen MR) is 91.8 cm³/mol. The van der Waals surface area contributed by atoms with E-state index in [0.717, 1.165) is 35.9 Å². The first kappa shape index (κ1) is 15.7. The van der Waals surface area contributed by atoms with Crippen molar-refractivity contribution in [1.29, 1.82) is 0 Å². The number of hydrogen-bond acceptors (Lipinski definition) is 3. The first-order valence-corrected chi connectivity index (χ1v) is 8.10. The summed E-state index contributed by atoms with van der Waals surface area (Å²) in [7, 11) is 1.78. The van der Waals surface area contributed by atoms with Crippen molar-refractivity contribution in [3.05, 3.63) is 48.2 Å². The average Bonchev–Trinajstić information content (AvgIpc) is 2.97. The molecule has 1 saturated carbocycles. The van der Waals surface area contributed by atoms with Crippen LogP contribution in [-0.2, 0) is 4.79 Å². The van der Waals surface area contributed by atoms with Crippen molar-refractivity contribution in [2.75, 3.05) is 13.6 Å². The Labute approximate surface area is 136 Å².